The average molecular weight is 255 g/mol. The summed E-state index contributed by atoms with van der Waals surface area (Å²) in [5, 5.41) is 11.5. The average Bonchev–Trinajstić information content (AvgIpc) is 2.28. The molecule has 6 heteroatoms. The Morgan fingerprint density at radius 3 is 2.72 bits per heavy atom. The van der Waals surface area contributed by atoms with Gasteiger partial charge in [-0.15, -0.1) is 0 Å². The van der Waals surface area contributed by atoms with E-state index < -0.39 is 29.4 Å². The van der Waals surface area contributed by atoms with Crippen molar-refractivity contribution in [2.24, 2.45) is 5.92 Å². The lowest BCUT2D eigenvalue weighted by molar-refractivity contribution is -0.144. The number of piperidine rings is 1. The zero-order valence-electron chi connectivity index (χ0n) is 9.32. The van der Waals surface area contributed by atoms with Crippen LogP contribution in [0.2, 0.25) is 0 Å². The van der Waals surface area contributed by atoms with Crippen molar-refractivity contribution in [3.63, 3.8) is 0 Å². The van der Waals surface area contributed by atoms with Crippen LogP contribution in [0.1, 0.15) is 17.9 Å². The van der Waals surface area contributed by atoms with Gasteiger partial charge in [0.25, 0.3) is 0 Å². The molecule has 2 rings (SSSR count). The van der Waals surface area contributed by atoms with Crippen molar-refractivity contribution in [2.45, 2.75) is 12.3 Å². The molecule has 1 aromatic rings. The molecule has 1 heterocycles. The van der Waals surface area contributed by atoms with Gasteiger partial charge in [0.1, 0.15) is 11.6 Å². The van der Waals surface area contributed by atoms with Crippen molar-refractivity contribution in [3.05, 3.63) is 35.4 Å². The lowest BCUT2D eigenvalue weighted by Gasteiger charge is -2.29. The molecule has 4 nitrogen and oxygen atoms in total. The number of hydrogen-bond acceptors (Lipinski definition) is 2. The van der Waals surface area contributed by atoms with Crippen LogP contribution in [-0.2, 0) is 9.59 Å². The highest BCUT2D eigenvalue weighted by Gasteiger charge is 2.36. The van der Waals surface area contributed by atoms with Crippen LogP contribution in [0.25, 0.3) is 0 Å². The number of carbonyl (C=O) groups excluding carboxylic acids is 1. The molecule has 0 radical (unpaired) electrons. The van der Waals surface area contributed by atoms with Gasteiger partial charge in [-0.25, -0.2) is 8.78 Å². The van der Waals surface area contributed by atoms with Crippen LogP contribution >= 0.6 is 0 Å². The van der Waals surface area contributed by atoms with Gasteiger partial charge < -0.3 is 10.4 Å². The van der Waals surface area contributed by atoms with Crippen molar-refractivity contribution >= 4 is 11.9 Å². The van der Waals surface area contributed by atoms with Crippen molar-refractivity contribution in [2.75, 3.05) is 6.54 Å². The largest absolute Gasteiger partial charge is 0.481 e. The fraction of sp³-hybridized carbons (Fsp3) is 0.333. The summed E-state index contributed by atoms with van der Waals surface area (Å²) in [5.41, 5.74) is 0.0682. The van der Waals surface area contributed by atoms with Gasteiger partial charge in [-0.2, -0.15) is 0 Å². The van der Waals surface area contributed by atoms with Gasteiger partial charge in [0.2, 0.25) is 5.91 Å². The third-order valence-electron chi connectivity index (χ3n) is 3.09. The number of carboxylic acid groups (broad SMARTS) is 1. The maximum Gasteiger partial charge on any atom is 0.308 e. The SMILES string of the molecule is O=C1CC(c2ccc(F)cc2F)C(C(=O)O)CN1. The van der Waals surface area contributed by atoms with Crippen molar-refractivity contribution in [1.82, 2.24) is 5.32 Å². The molecule has 1 aliphatic heterocycles. The third-order valence-corrected chi connectivity index (χ3v) is 3.09. The molecule has 18 heavy (non-hydrogen) atoms. The molecule has 0 saturated carbocycles. The molecule has 1 fully saturated rings. The molecular weight excluding hydrogens is 244 g/mol. The fourth-order valence-electron chi connectivity index (χ4n) is 2.17. The number of carbonyl (C=O) groups is 2. The highest BCUT2D eigenvalue weighted by Crippen LogP contribution is 2.32. The predicted octanol–water partition coefficient (Wildman–Crippen LogP) is 1.27. The summed E-state index contributed by atoms with van der Waals surface area (Å²) in [6.45, 7) is -0.0460. The van der Waals surface area contributed by atoms with Crippen molar-refractivity contribution in [1.29, 1.82) is 0 Å². The lowest BCUT2D eigenvalue weighted by Crippen LogP contribution is -2.43. The van der Waals surface area contributed by atoms with Crippen LogP contribution in [0.4, 0.5) is 8.78 Å². The number of rotatable bonds is 2. The van der Waals surface area contributed by atoms with E-state index in [9.17, 15) is 18.4 Å². The van der Waals surface area contributed by atoms with E-state index in [4.69, 9.17) is 5.11 Å². The molecule has 2 N–H and O–H groups in total. The molecule has 1 aromatic carbocycles. The molecule has 1 saturated heterocycles. The maximum absolute atomic E-state index is 13.6. The number of aliphatic carboxylic acids is 1. The van der Waals surface area contributed by atoms with Crippen molar-refractivity contribution < 1.29 is 23.5 Å². The van der Waals surface area contributed by atoms with E-state index in [1.165, 1.54) is 6.07 Å². The highest BCUT2D eigenvalue weighted by molar-refractivity contribution is 5.82. The van der Waals surface area contributed by atoms with Crippen LogP contribution in [0.5, 0.6) is 0 Å². The number of amides is 1. The Morgan fingerprint density at radius 1 is 1.39 bits per heavy atom. The number of benzene rings is 1. The lowest BCUT2D eigenvalue weighted by atomic mass is 9.80. The molecule has 2 unspecified atom stereocenters. The normalized spacial score (nSPS) is 23.6. The van der Waals surface area contributed by atoms with Gasteiger partial charge in [0, 0.05) is 24.9 Å². The number of hydrogen-bond donors (Lipinski definition) is 2. The van der Waals surface area contributed by atoms with Crippen molar-refractivity contribution in [3.8, 4) is 0 Å². The van der Waals surface area contributed by atoms with E-state index in [1.54, 1.807) is 0 Å². The number of carboxylic acids is 1. The molecular formula is C12H11F2NO3. The fourth-order valence-corrected chi connectivity index (χ4v) is 2.17. The van der Waals surface area contributed by atoms with E-state index in [1.807, 2.05) is 0 Å². The minimum absolute atomic E-state index is 0.0460. The van der Waals surface area contributed by atoms with Crippen LogP contribution in [0.15, 0.2) is 18.2 Å². The maximum atomic E-state index is 13.6. The first-order chi connectivity index (χ1) is 8.49. The summed E-state index contributed by atoms with van der Waals surface area (Å²) in [5.74, 6) is -4.66. The standard InChI is InChI=1S/C12H11F2NO3/c13-6-1-2-7(10(14)3-6)8-4-11(16)15-5-9(8)12(17)18/h1-3,8-9H,4-5H2,(H,15,16)(H,17,18). The van der Waals surface area contributed by atoms with Crippen LogP contribution < -0.4 is 5.32 Å². The Balaban J connectivity index is 2.38. The second-order valence-corrected chi connectivity index (χ2v) is 4.23. The number of nitrogens with one attached hydrogen (secondary N) is 1. The molecule has 2 atom stereocenters. The van der Waals surface area contributed by atoms with E-state index in [2.05, 4.69) is 5.32 Å². The highest BCUT2D eigenvalue weighted by atomic mass is 19.1. The minimum Gasteiger partial charge on any atom is -0.481 e. The Hall–Kier alpha value is -1.98. The van der Waals surface area contributed by atoms with Gasteiger partial charge in [0.15, 0.2) is 0 Å². The first-order valence-corrected chi connectivity index (χ1v) is 5.43. The van der Waals surface area contributed by atoms with E-state index in [0.29, 0.717) is 6.07 Å². The summed E-state index contributed by atoms with van der Waals surface area (Å²) in [7, 11) is 0. The molecule has 1 aliphatic rings. The Kier molecular flexibility index (Phi) is 3.27. The molecule has 1 amide bonds. The molecule has 0 aromatic heterocycles. The summed E-state index contributed by atoms with van der Waals surface area (Å²) in [6, 6.07) is 2.95. The third kappa shape index (κ3) is 2.32. The molecule has 0 aliphatic carbocycles. The minimum atomic E-state index is -1.11. The zero-order chi connectivity index (χ0) is 13.3. The van der Waals surface area contributed by atoms with E-state index in [-0.39, 0.29) is 24.4 Å². The Bertz CT molecular complexity index is 504. The predicted molar refractivity (Wildman–Crippen MR) is 57.9 cm³/mol. The zero-order valence-corrected chi connectivity index (χ0v) is 9.32. The van der Waals surface area contributed by atoms with Crippen LogP contribution in [0, 0.1) is 17.6 Å². The smallest absolute Gasteiger partial charge is 0.308 e. The first-order valence-electron chi connectivity index (χ1n) is 5.43. The summed E-state index contributed by atoms with van der Waals surface area (Å²) in [6.07, 6.45) is -0.112. The summed E-state index contributed by atoms with van der Waals surface area (Å²) >= 11 is 0. The second-order valence-electron chi connectivity index (χ2n) is 4.23. The number of halogens is 2. The quantitative estimate of drug-likeness (QED) is 0.836. The van der Waals surface area contributed by atoms with Gasteiger partial charge >= 0.3 is 5.97 Å². The first kappa shape index (κ1) is 12.5. The molecule has 0 spiro atoms. The Morgan fingerprint density at radius 2 is 2.11 bits per heavy atom. The monoisotopic (exact) mass is 255 g/mol. The van der Waals surface area contributed by atoms with Gasteiger partial charge in [-0.05, 0) is 11.6 Å². The Labute approximate surface area is 102 Å². The second kappa shape index (κ2) is 4.72. The summed E-state index contributed by atoms with van der Waals surface area (Å²) < 4.78 is 26.4. The van der Waals surface area contributed by atoms with Gasteiger partial charge in [-0.3, -0.25) is 9.59 Å². The molecule has 0 bridgehead atoms. The van der Waals surface area contributed by atoms with Gasteiger partial charge in [-0.1, -0.05) is 6.07 Å². The van der Waals surface area contributed by atoms with E-state index >= 15 is 0 Å². The van der Waals surface area contributed by atoms with Crippen LogP contribution in [0.3, 0.4) is 0 Å². The summed E-state index contributed by atoms with van der Waals surface area (Å²) in [4.78, 5) is 22.4. The van der Waals surface area contributed by atoms with E-state index in [0.717, 1.165) is 6.07 Å². The van der Waals surface area contributed by atoms with Crippen LogP contribution in [-0.4, -0.2) is 23.5 Å². The topological polar surface area (TPSA) is 66.4 Å². The molecule has 96 valence electrons. The van der Waals surface area contributed by atoms with Gasteiger partial charge in [0.05, 0.1) is 5.92 Å².